The van der Waals surface area contributed by atoms with E-state index in [-0.39, 0.29) is 29.8 Å². The number of hydrogen-bond donors (Lipinski definition) is 1. The second kappa shape index (κ2) is 8.86. The standard InChI is InChI=1S/C22H29N3O2S/c1-5-14(2)22(27)25-12-6-7-19(25)21(26)24-15(3)17-8-10-18(11-9-17)20-16(4)23-13-28-20/h8-11,13-15,19H,5-7,12H2,1-4H3,(H,24,26). The third-order valence-corrected chi connectivity index (χ3v) is 6.63. The van der Waals surface area contributed by atoms with Crippen molar-refractivity contribution in [3.05, 3.63) is 41.0 Å². The summed E-state index contributed by atoms with van der Waals surface area (Å²) in [4.78, 5) is 32.7. The summed E-state index contributed by atoms with van der Waals surface area (Å²) in [7, 11) is 0. The molecule has 0 bridgehead atoms. The molecule has 0 saturated carbocycles. The van der Waals surface area contributed by atoms with Crippen LogP contribution in [-0.2, 0) is 9.59 Å². The van der Waals surface area contributed by atoms with Crippen molar-refractivity contribution in [3.8, 4) is 10.4 Å². The Kier molecular flexibility index (Phi) is 6.50. The van der Waals surface area contributed by atoms with Gasteiger partial charge in [-0.25, -0.2) is 4.98 Å². The highest BCUT2D eigenvalue weighted by Crippen LogP contribution is 2.28. The SMILES string of the molecule is CCC(C)C(=O)N1CCCC1C(=O)NC(C)c1ccc(-c2scnc2C)cc1. The van der Waals surface area contributed by atoms with E-state index in [9.17, 15) is 9.59 Å². The first-order chi connectivity index (χ1) is 13.4. The minimum absolute atomic E-state index is 0.0337. The van der Waals surface area contributed by atoms with E-state index in [1.807, 2.05) is 33.2 Å². The fraction of sp³-hybridized carbons (Fsp3) is 0.500. The smallest absolute Gasteiger partial charge is 0.243 e. The maximum Gasteiger partial charge on any atom is 0.243 e. The molecule has 2 amide bonds. The van der Waals surface area contributed by atoms with Crippen LogP contribution in [0.25, 0.3) is 10.4 Å². The van der Waals surface area contributed by atoms with Crippen LogP contribution in [-0.4, -0.2) is 34.3 Å². The zero-order valence-corrected chi connectivity index (χ0v) is 17.9. The van der Waals surface area contributed by atoms with Crippen LogP contribution >= 0.6 is 11.3 Å². The molecule has 0 aliphatic carbocycles. The Labute approximate surface area is 171 Å². The zero-order chi connectivity index (χ0) is 20.3. The van der Waals surface area contributed by atoms with E-state index >= 15 is 0 Å². The molecule has 5 nitrogen and oxygen atoms in total. The lowest BCUT2D eigenvalue weighted by Crippen LogP contribution is -2.47. The molecule has 150 valence electrons. The van der Waals surface area contributed by atoms with Gasteiger partial charge < -0.3 is 10.2 Å². The summed E-state index contributed by atoms with van der Waals surface area (Å²) in [5, 5.41) is 3.10. The third-order valence-electron chi connectivity index (χ3n) is 5.65. The Morgan fingerprint density at radius 2 is 2.00 bits per heavy atom. The van der Waals surface area contributed by atoms with Crippen LogP contribution in [0.3, 0.4) is 0 Å². The van der Waals surface area contributed by atoms with Crippen LogP contribution < -0.4 is 5.32 Å². The summed E-state index contributed by atoms with van der Waals surface area (Å²) >= 11 is 1.63. The fourth-order valence-electron chi connectivity index (χ4n) is 3.66. The van der Waals surface area contributed by atoms with Crippen molar-refractivity contribution in [1.29, 1.82) is 0 Å². The number of aromatic nitrogens is 1. The van der Waals surface area contributed by atoms with Crippen LogP contribution in [0.2, 0.25) is 0 Å². The molecule has 6 heteroatoms. The highest BCUT2D eigenvalue weighted by Gasteiger charge is 2.35. The van der Waals surface area contributed by atoms with Gasteiger partial charge in [-0.1, -0.05) is 38.1 Å². The summed E-state index contributed by atoms with van der Waals surface area (Å²) in [6.07, 6.45) is 2.42. The number of carbonyl (C=O) groups is 2. The van der Waals surface area contributed by atoms with Gasteiger partial charge in [0.2, 0.25) is 11.8 Å². The van der Waals surface area contributed by atoms with Gasteiger partial charge in [-0.3, -0.25) is 9.59 Å². The van der Waals surface area contributed by atoms with E-state index in [4.69, 9.17) is 0 Å². The summed E-state index contributed by atoms with van der Waals surface area (Å²) in [6.45, 7) is 8.62. The van der Waals surface area contributed by atoms with Crippen molar-refractivity contribution in [2.45, 2.75) is 59.0 Å². The van der Waals surface area contributed by atoms with Crippen molar-refractivity contribution in [1.82, 2.24) is 15.2 Å². The van der Waals surface area contributed by atoms with E-state index in [1.165, 1.54) is 4.88 Å². The molecule has 3 rings (SSSR count). The average Bonchev–Trinajstić information content (AvgIpc) is 3.36. The van der Waals surface area contributed by atoms with E-state index in [0.717, 1.165) is 36.1 Å². The lowest BCUT2D eigenvalue weighted by Gasteiger charge is -2.27. The monoisotopic (exact) mass is 399 g/mol. The molecular weight excluding hydrogens is 370 g/mol. The van der Waals surface area contributed by atoms with Gasteiger partial charge in [0.25, 0.3) is 0 Å². The van der Waals surface area contributed by atoms with Gasteiger partial charge >= 0.3 is 0 Å². The summed E-state index contributed by atoms with van der Waals surface area (Å²) in [5.74, 6) is 0.00896. The number of likely N-dealkylation sites (tertiary alicyclic amines) is 1. The minimum atomic E-state index is -0.344. The van der Waals surface area contributed by atoms with Crippen molar-refractivity contribution in [3.63, 3.8) is 0 Å². The molecule has 1 N–H and O–H groups in total. The Bertz CT molecular complexity index is 831. The number of rotatable bonds is 6. The fourth-order valence-corrected chi connectivity index (χ4v) is 4.47. The molecule has 0 radical (unpaired) electrons. The van der Waals surface area contributed by atoms with Gasteiger partial charge in [-0.15, -0.1) is 11.3 Å². The maximum absolute atomic E-state index is 12.8. The van der Waals surface area contributed by atoms with Crippen LogP contribution in [0, 0.1) is 12.8 Å². The molecule has 1 aromatic carbocycles. The molecule has 2 heterocycles. The average molecular weight is 400 g/mol. The van der Waals surface area contributed by atoms with Crippen molar-refractivity contribution < 1.29 is 9.59 Å². The van der Waals surface area contributed by atoms with Gasteiger partial charge in [-0.2, -0.15) is 0 Å². The van der Waals surface area contributed by atoms with E-state index in [1.54, 1.807) is 16.2 Å². The van der Waals surface area contributed by atoms with Crippen LogP contribution in [0.5, 0.6) is 0 Å². The first-order valence-electron chi connectivity index (χ1n) is 10.0. The van der Waals surface area contributed by atoms with Gasteiger partial charge in [0.05, 0.1) is 22.1 Å². The van der Waals surface area contributed by atoms with Crippen LogP contribution in [0.15, 0.2) is 29.8 Å². The molecule has 28 heavy (non-hydrogen) atoms. The van der Waals surface area contributed by atoms with Crippen molar-refractivity contribution in [2.24, 2.45) is 5.92 Å². The quantitative estimate of drug-likeness (QED) is 0.786. The van der Waals surface area contributed by atoms with Crippen LogP contribution in [0.4, 0.5) is 0 Å². The Hall–Kier alpha value is -2.21. The number of nitrogens with one attached hydrogen (secondary N) is 1. The molecule has 0 spiro atoms. The Morgan fingerprint density at radius 3 is 2.61 bits per heavy atom. The maximum atomic E-state index is 12.8. The number of thiazole rings is 1. The molecule has 1 aliphatic rings. The minimum Gasteiger partial charge on any atom is -0.348 e. The largest absolute Gasteiger partial charge is 0.348 e. The second-order valence-corrected chi connectivity index (χ2v) is 8.47. The van der Waals surface area contributed by atoms with Crippen molar-refractivity contribution >= 4 is 23.2 Å². The van der Waals surface area contributed by atoms with Gasteiger partial charge in [-0.05, 0) is 44.2 Å². The predicted octanol–water partition coefficient (Wildman–Crippen LogP) is 4.33. The molecule has 2 aromatic rings. The Morgan fingerprint density at radius 1 is 1.29 bits per heavy atom. The number of benzene rings is 1. The number of hydrogen-bond acceptors (Lipinski definition) is 4. The molecule has 1 aliphatic heterocycles. The topological polar surface area (TPSA) is 62.3 Å². The van der Waals surface area contributed by atoms with E-state index in [2.05, 4.69) is 34.6 Å². The predicted molar refractivity (Wildman–Crippen MR) is 113 cm³/mol. The molecule has 1 saturated heterocycles. The van der Waals surface area contributed by atoms with E-state index in [0.29, 0.717) is 6.54 Å². The summed E-state index contributed by atoms with van der Waals surface area (Å²) < 4.78 is 0. The molecular formula is C22H29N3O2S. The summed E-state index contributed by atoms with van der Waals surface area (Å²) in [5.41, 5.74) is 5.09. The second-order valence-electron chi connectivity index (χ2n) is 7.62. The van der Waals surface area contributed by atoms with E-state index < -0.39 is 0 Å². The lowest BCUT2D eigenvalue weighted by molar-refractivity contribution is -0.141. The van der Waals surface area contributed by atoms with Gasteiger partial charge in [0.15, 0.2) is 0 Å². The van der Waals surface area contributed by atoms with Gasteiger partial charge in [0, 0.05) is 12.5 Å². The number of nitrogens with zero attached hydrogens (tertiary/aromatic N) is 2. The van der Waals surface area contributed by atoms with Gasteiger partial charge in [0.1, 0.15) is 6.04 Å². The molecule has 3 atom stereocenters. The van der Waals surface area contributed by atoms with Crippen molar-refractivity contribution in [2.75, 3.05) is 6.54 Å². The summed E-state index contributed by atoms with van der Waals surface area (Å²) in [6, 6.07) is 7.81. The Balaban J connectivity index is 1.65. The number of aryl methyl sites for hydroxylation is 1. The first-order valence-corrected chi connectivity index (χ1v) is 10.9. The molecule has 1 fully saturated rings. The van der Waals surface area contributed by atoms with Crippen LogP contribution in [0.1, 0.15) is 57.3 Å². The third kappa shape index (κ3) is 4.27. The normalized spacial score (nSPS) is 18.7. The number of amides is 2. The highest BCUT2D eigenvalue weighted by atomic mass is 32.1. The lowest BCUT2D eigenvalue weighted by atomic mass is 10.0. The first kappa shape index (κ1) is 20.5. The highest BCUT2D eigenvalue weighted by molar-refractivity contribution is 7.13. The molecule has 3 unspecified atom stereocenters. The number of carbonyl (C=O) groups excluding carboxylic acids is 2. The molecule has 1 aromatic heterocycles. The zero-order valence-electron chi connectivity index (χ0n) is 17.1.